The quantitative estimate of drug-likeness (QED) is 0.752. The Morgan fingerprint density at radius 2 is 2.04 bits per heavy atom. The molecular weight excluding hydrogens is 342 g/mol. The molecule has 0 aliphatic carbocycles. The molecule has 0 saturated carbocycles. The van der Waals surface area contributed by atoms with Crippen molar-refractivity contribution in [3.63, 3.8) is 0 Å². The zero-order chi connectivity index (χ0) is 18.1. The van der Waals surface area contributed by atoms with E-state index in [4.69, 9.17) is 0 Å². The Hall–Kier alpha value is -2.24. The van der Waals surface area contributed by atoms with Gasteiger partial charge in [0.1, 0.15) is 0 Å². The number of nitrogens with one attached hydrogen (secondary N) is 1. The van der Waals surface area contributed by atoms with E-state index >= 15 is 0 Å². The molecule has 0 radical (unpaired) electrons. The Morgan fingerprint density at radius 1 is 1.23 bits per heavy atom. The summed E-state index contributed by atoms with van der Waals surface area (Å²) in [4.78, 5) is 20.9. The van der Waals surface area contributed by atoms with Crippen molar-refractivity contribution in [3.8, 4) is 0 Å². The van der Waals surface area contributed by atoms with Gasteiger partial charge in [0.05, 0.1) is 12.1 Å². The molecule has 26 heavy (non-hydrogen) atoms. The smallest absolute Gasteiger partial charge is 0.230 e. The van der Waals surface area contributed by atoms with Crippen molar-refractivity contribution in [2.24, 2.45) is 0 Å². The molecule has 3 aromatic rings. The highest BCUT2D eigenvalue weighted by atomic mass is 32.1. The molecular formula is C21H23N3OS. The maximum atomic E-state index is 12.6. The Morgan fingerprint density at radius 3 is 2.88 bits per heavy atom. The van der Waals surface area contributed by atoms with Crippen LogP contribution in [0.5, 0.6) is 0 Å². The Kier molecular flexibility index (Phi) is 4.74. The van der Waals surface area contributed by atoms with E-state index in [-0.39, 0.29) is 5.91 Å². The summed E-state index contributed by atoms with van der Waals surface area (Å²) < 4.78 is 0. The second-order valence-corrected chi connectivity index (χ2v) is 8.15. The summed E-state index contributed by atoms with van der Waals surface area (Å²) >= 11 is 1.61. The lowest BCUT2D eigenvalue weighted by Crippen LogP contribution is -2.35. The van der Waals surface area contributed by atoms with Crippen LogP contribution in [0.1, 0.15) is 30.0 Å². The first-order valence-corrected chi connectivity index (χ1v) is 9.91. The molecule has 1 amide bonds. The van der Waals surface area contributed by atoms with E-state index in [0.717, 1.165) is 46.7 Å². The number of thiazole rings is 1. The summed E-state index contributed by atoms with van der Waals surface area (Å²) in [5, 5.41) is 6.03. The van der Waals surface area contributed by atoms with Crippen molar-refractivity contribution < 1.29 is 4.79 Å². The molecule has 0 saturated heterocycles. The molecule has 1 N–H and O–H groups in total. The fraction of sp³-hybridized carbons (Fsp3) is 0.333. The normalized spacial score (nSPS) is 14.6. The van der Waals surface area contributed by atoms with E-state index < -0.39 is 0 Å². The number of anilines is 1. The van der Waals surface area contributed by atoms with Gasteiger partial charge in [-0.3, -0.25) is 9.69 Å². The average molecular weight is 366 g/mol. The van der Waals surface area contributed by atoms with Gasteiger partial charge in [0.2, 0.25) is 5.91 Å². The molecule has 5 heteroatoms. The zero-order valence-corrected chi connectivity index (χ0v) is 16.0. The predicted octanol–water partition coefficient (Wildman–Crippen LogP) is 4.24. The van der Waals surface area contributed by atoms with Crippen LogP contribution in [0.4, 0.5) is 5.13 Å². The number of hydrogen-bond acceptors (Lipinski definition) is 4. The van der Waals surface area contributed by atoms with Crippen LogP contribution in [0.25, 0.3) is 10.8 Å². The first-order valence-electron chi connectivity index (χ1n) is 9.09. The SMILES string of the molecule is CC(C)N1CCc2nc(NC(=O)Cc3cccc4ccccc34)sc2C1. The summed E-state index contributed by atoms with van der Waals surface area (Å²) in [5.74, 6) is -0.00633. The largest absolute Gasteiger partial charge is 0.302 e. The number of hydrogen-bond donors (Lipinski definition) is 1. The Balaban J connectivity index is 1.47. The first-order chi connectivity index (χ1) is 12.6. The van der Waals surface area contributed by atoms with Crippen LogP contribution in [-0.4, -0.2) is 28.4 Å². The molecule has 134 valence electrons. The maximum absolute atomic E-state index is 12.6. The van der Waals surface area contributed by atoms with Crippen LogP contribution in [-0.2, 0) is 24.2 Å². The number of benzene rings is 2. The van der Waals surface area contributed by atoms with Crippen LogP contribution in [0.2, 0.25) is 0 Å². The van der Waals surface area contributed by atoms with Crippen molar-refractivity contribution in [2.75, 3.05) is 11.9 Å². The lowest BCUT2D eigenvalue weighted by atomic mass is 10.0. The summed E-state index contributed by atoms with van der Waals surface area (Å²) in [6, 6.07) is 14.8. The second kappa shape index (κ2) is 7.17. The Labute approximate surface area is 157 Å². The van der Waals surface area contributed by atoms with Crippen molar-refractivity contribution in [2.45, 2.75) is 39.3 Å². The molecule has 4 nitrogen and oxygen atoms in total. The van der Waals surface area contributed by atoms with Crippen LogP contribution in [0.3, 0.4) is 0 Å². The third-order valence-corrected chi connectivity index (χ3v) is 5.97. The molecule has 2 aromatic carbocycles. The van der Waals surface area contributed by atoms with Crippen molar-refractivity contribution in [1.82, 2.24) is 9.88 Å². The zero-order valence-electron chi connectivity index (χ0n) is 15.2. The number of aromatic nitrogens is 1. The monoisotopic (exact) mass is 365 g/mol. The van der Waals surface area contributed by atoms with Gasteiger partial charge in [0.15, 0.2) is 5.13 Å². The fourth-order valence-corrected chi connectivity index (χ4v) is 4.54. The summed E-state index contributed by atoms with van der Waals surface area (Å²) in [6.07, 6.45) is 1.33. The van der Waals surface area contributed by atoms with Gasteiger partial charge in [-0.2, -0.15) is 0 Å². The predicted molar refractivity (Wildman–Crippen MR) is 108 cm³/mol. The molecule has 4 rings (SSSR count). The van der Waals surface area contributed by atoms with Gasteiger partial charge in [-0.15, -0.1) is 11.3 Å². The summed E-state index contributed by atoms with van der Waals surface area (Å²) in [6.45, 7) is 6.42. The summed E-state index contributed by atoms with van der Waals surface area (Å²) in [5.41, 5.74) is 2.19. The van der Waals surface area contributed by atoms with E-state index in [1.165, 1.54) is 4.88 Å². The van der Waals surface area contributed by atoms with E-state index in [1.54, 1.807) is 11.3 Å². The van der Waals surface area contributed by atoms with Gasteiger partial charge < -0.3 is 5.32 Å². The standard InChI is InChI=1S/C21H23N3OS/c1-14(2)24-11-10-18-19(13-24)26-21(22-18)23-20(25)12-16-8-5-7-15-6-3-4-9-17(15)16/h3-9,14H,10-13H2,1-2H3,(H,22,23,25). The van der Waals surface area contributed by atoms with Gasteiger partial charge in [0.25, 0.3) is 0 Å². The van der Waals surface area contributed by atoms with Crippen molar-refractivity contribution in [3.05, 3.63) is 58.6 Å². The van der Waals surface area contributed by atoms with Crippen LogP contribution in [0.15, 0.2) is 42.5 Å². The van der Waals surface area contributed by atoms with E-state index in [9.17, 15) is 4.79 Å². The average Bonchev–Trinajstić information content (AvgIpc) is 3.03. The third kappa shape index (κ3) is 3.50. The van der Waals surface area contributed by atoms with Gasteiger partial charge >= 0.3 is 0 Å². The Bertz CT molecular complexity index is 942. The topological polar surface area (TPSA) is 45.2 Å². The molecule has 1 aromatic heterocycles. The highest BCUT2D eigenvalue weighted by Crippen LogP contribution is 2.29. The van der Waals surface area contributed by atoms with E-state index in [1.807, 2.05) is 24.3 Å². The van der Waals surface area contributed by atoms with E-state index in [2.05, 4.69) is 47.2 Å². The van der Waals surface area contributed by atoms with Crippen LogP contribution in [0, 0.1) is 0 Å². The minimum atomic E-state index is -0.00633. The number of fused-ring (bicyclic) bond motifs is 2. The molecule has 1 aliphatic rings. The fourth-order valence-electron chi connectivity index (χ4n) is 3.49. The number of nitrogens with zero attached hydrogens (tertiary/aromatic N) is 2. The second-order valence-electron chi connectivity index (χ2n) is 7.07. The van der Waals surface area contributed by atoms with Crippen LogP contribution < -0.4 is 5.32 Å². The number of amides is 1. The molecule has 2 heterocycles. The molecule has 0 fully saturated rings. The minimum absolute atomic E-state index is 0.00633. The lowest BCUT2D eigenvalue weighted by Gasteiger charge is -2.29. The third-order valence-electron chi connectivity index (χ3n) is 4.97. The molecule has 1 aliphatic heterocycles. The number of rotatable bonds is 4. The molecule has 0 unspecified atom stereocenters. The summed E-state index contributed by atoms with van der Waals surface area (Å²) in [7, 11) is 0. The maximum Gasteiger partial charge on any atom is 0.230 e. The highest BCUT2D eigenvalue weighted by Gasteiger charge is 2.22. The van der Waals surface area contributed by atoms with Gasteiger partial charge in [-0.25, -0.2) is 4.98 Å². The highest BCUT2D eigenvalue weighted by molar-refractivity contribution is 7.15. The number of carbonyl (C=O) groups excluding carboxylic acids is 1. The lowest BCUT2D eigenvalue weighted by molar-refractivity contribution is -0.115. The molecule has 0 bridgehead atoms. The van der Waals surface area contributed by atoms with Crippen molar-refractivity contribution in [1.29, 1.82) is 0 Å². The van der Waals surface area contributed by atoms with Gasteiger partial charge in [0, 0.05) is 30.4 Å². The molecule has 0 spiro atoms. The van der Waals surface area contributed by atoms with Gasteiger partial charge in [-0.05, 0) is 30.2 Å². The minimum Gasteiger partial charge on any atom is -0.302 e. The number of carbonyl (C=O) groups is 1. The first kappa shape index (κ1) is 17.2. The van der Waals surface area contributed by atoms with E-state index in [0.29, 0.717) is 12.5 Å². The van der Waals surface area contributed by atoms with Crippen molar-refractivity contribution >= 4 is 33.1 Å². The van der Waals surface area contributed by atoms with Gasteiger partial charge in [-0.1, -0.05) is 42.5 Å². The van der Waals surface area contributed by atoms with Crippen LogP contribution >= 0.6 is 11.3 Å². The molecule has 0 atom stereocenters.